The molecule has 3 aromatic rings. The molecule has 1 aromatic carbocycles. The molecule has 0 saturated carbocycles. The van der Waals surface area contributed by atoms with Crippen molar-refractivity contribution in [2.45, 2.75) is 19.5 Å². The first-order valence-corrected chi connectivity index (χ1v) is 8.54. The van der Waals surface area contributed by atoms with Crippen LogP contribution in [-0.4, -0.2) is 28.5 Å². The van der Waals surface area contributed by atoms with Gasteiger partial charge in [0, 0.05) is 13.1 Å². The molecule has 1 atom stereocenters. The van der Waals surface area contributed by atoms with Crippen LogP contribution >= 0.6 is 11.3 Å². The van der Waals surface area contributed by atoms with Gasteiger partial charge in [0.1, 0.15) is 5.82 Å². The van der Waals surface area contributed by atoms with Gasteiger partial charge in [-0.25, -0.2) is 4.98 Å². The first-order valence-electron chi connectivity index (χ1n) is 7.66. The van der Waals surface area contributed by atoms with E-state index in [4.69, 9.17) is 5.73 Å². The average molecular weight is 325 g/mol. The number of anilines is 2. The molecule has 1 aliphatic heterocycles. The first kappa shape index (κ1) is 14.4. The van der Waals surface area contributed by atoms with Crippen molar-refractivity contribution in [3.8, 4) is 0 Å². The minimum atomic E-state index is 0.321. The molecule has 0 fully saturated rings. The van der Waals surface area contributed by atoms with E-state index in [9.17, 15) is 0 Å². The van der Waals surface area contributed by atoms with Gasteiger partial charge >= 0.3 is 0 Å². The maximum Gasteiger partial charge on any atom is 0.222 e. The summed E-state index contributed by atoms with van der Waals surface area (Å²) in [6, 6.07) is 8.97. The van der Waals surface area contributed by atoms with Crippen LogP contribution in [0.1, 0.15) is 22.7 Å². The van der Waals surface area contributed by atoms with Crippen molar-refractivity contribution in [3.05, 3.63) is 46.3 Å². The van der Waals surface area contributed by atoms with Crippen LogP contribution < -0.4 is 11.1 Å². The van der Waals surface area contributed by atoms with Crippen molar-refractivity contribution in [1.82, 2.24) is 14.9 Å². The Morgan fingerprint density at radius 3 is 3.04 bits per heavy atom. The minimum absolute atomic E-state index is 0.321. The number of benzene rings is 1. The van der Waals surface area contributed by atoms with Gasteiger partial charge in [-0.3, -0.25) is 4.90 Å². The molecule has 1 aliphatic rings. The molecule has 0 aliphatic carbocycles. The van der Waals surface area contributed by atoms with E-state index in [1.165, 1.54) is 11.1 Å². The predicted octanol–water partition coefficient (Wildman–Crippen LogP) is 3.18. The number of likely N-dealkylation sites (N-methyl/N-ethyl adjacent to an activating group) is 1. The van der Waals surface area contributed by atoms with Gasteiger partial charge < -0.3 is 11.1 Å². The van der Waals surface area contributed by atoms with E-state index in [1.54, 1.807) is 11.3 Å². The topological polar surface area (TPSA) is 67.1 Å². The molecule has 0 saturated heterocycles. The summed E-state index contributed by atoms with van der Waals surface area (Å²) in [7, 11) is 2.16. The zero-order valence-corrected chi connectivity index (χ0v) is 14.0. The van der Waals surface area contributed by atoms with Crippen LogP contribution in [-0.2, 0) is 6.54 Å². The van der Waals surface area contributed by atoms with E-state index >= 15 is 0 Å². The van der Waals surface area contributed by atoms with Crippen LogP contribution in [0.2, 0.25) is 0 Å². The van der Waals surface area contributed by atoms with Crippen LogP contribution in [0.25, 0.3) is 10.2 Å². The number of nitrogens with one attached hydrogen (secondary N) is 1. The third-order valence-electron chi connectivity index (χ3n) is 4.44. The molecule has 2 aromatic heterocycles. The third-order valence-corrected chi connectivity index (χ3v) is 5.53. The molecule has 118 valence electrons. The zero-order chi connectivity index (χ0) is 16.0. The van der Waals surface area contributed by atoms with Gasteiger partial charge in [0.2, 0.25) is 5.95 Å². The van der Waals surface area contributed by atoms with Gasteiger partial charge in [-0.15, -0.1) is 11.3 Å². The number of nitrogens with zero attached hydrogens (tertiary/aromatic N) is 3. The molecule has 0 bridgehead atoms. The van der Waals surface area contributed by atoms with E-state index in [-0.39, 0.29) is 0 Å². The lowest BCUT2D eigenvalue weighted by Gasteiger charge is -2.21. The fourth-order valence-corrected chi connectivity index (χ4v) is 4.20. The van der Waals surface area contributed by atoms with Gasteiger partial charge in [0.05, 0.1) is 16.3 Å². The molecular weight excluding hydrogens is 306 g/mol. The summed E-state index contributed by atoms with van der Waals surface area (Å²) < 4.78 is 1.07. The quantitative estimate of drug-likeness (QED) is 0.774. The standard InChI is InChI=1S/C17H19N5S/c1-10-9-23-15-14(10)20-17(18)21-16(15)19-7-13-12-6-4-3-5-11(12)8-22(13)2/h3-6,9,13H,7-8H2,1-2H3,(H3,18,19,20,21). The summed E-state index contributed by atoms with van der Waals surface area (Å²) in [6.07, 6.45) is 0. The Balaban J connectivity index is 1.63. The van der Waals surface area contributed by atoms with Crippen LogP contribution in [0.3, 0.4) is 0 Å². The zero-order valence-electron chi connectivity index (χ0n) is 13.2. The maximum atomic E-state index is 5.87. The number of nitrogen functional groups attached to an aromatic ring is 1. The highest BCUT2D eigenvalue weighted by Crippen LogP contribution is 2.34. The molecule has 4 rings (SSSR count). The summed E-state index contributed by atoms with van der Waals surface area (Å²) in [5, 5.41) is 5.59. The Morgan fingerprint density at radius 2 is 2.17 bits per heavy atom. The van der Waals surface area contributed by atoms with Crippen LogP contribution in [0.5, 0.6) is 0 Å². The number of hydrogen-bond donors (Lipinski definition) is 2. The predicted molar refractivity (Wildman–Crippen MR) is 95.7 cm³/mol. The molecule has 6 heteroatoms. The van der Waals surface area contributed by atoms with Gasteiger partial charge in [-0.05, 0) is 36.0 Å². The van der Waals surface area contributed by atoms with E-state index in [1.807, 2.05) is 0 Å². The molecule has 5 nitrogen and oxygen atoms in total. The minimum Gasteiger partial charge on any atom is -0.368 e. The number of thiophene rings is 1. The number of rotatable bonds is 3. The highest BCUT2D eigenvalue weighted by molar-refractivity contribution is 7.18. The second-order valence-corrected chi connectivity index (χ2v) is 6.92. The Kier molecular flexibility index (Phi) is 3.43. The van der Waals surface area contributed by atoms with Crippen molar-refractivity contribution in [3.63, 3.8) is 0 Å². The summed E-state index contributed by atoms with van der Waals surface area (Å²) in [6.45, 7) is 3.84. The number of hydrogen-bond acceptors (Lipinski definition) is 6. The highest BCUT2D eigenvalue weighted by Gasteiger charge is 2.27. The number of aromatic nitrogens is 2. The number of fused-ring (bicyclic) bond motifs is 2. The molecule has 0 radical (unpaired) electrons. The molecule has 0 spiro atoms. The number of aryl methyl sites for hydroxylation is 1. The van der Waals surface area contributed by atoms with E-state index in [2.05, 4.69) is 63.8 Å². The van der Waals surface area contributed by atoms with Gasteiger partial charge in [0.15, 0.2) is 0 Å². The van der Waals surface area contributed by atoms with E-state index in [0.29, 0.717) is 12.0 Å². The summed E-state index contributed by atoms with van der Waals surface area (Å²) in [5.74, 6) is 1.16. The molecule has 3 heterocycles. The molecule has 0 amide bonds. The Bertz CT molecular complexity index is 873. The third kappa shape index (κ3) is 2.44. The van der Waals surface area contributed by atoms with Crippen LogP contribution in [0.4, 0.5) is 11.8 Å². The van der Waals surface area contributed by atoms with Gasteiger partial charge in [-0.1, -0.05) is 24.3 Å². The molecule has 3 N–H and O–H groups in total. The maximum absolute atomic E-state index is 5.87. The van der Waals surface area contributed by atoms with Crippen molar-refractivity contribution in [2.75, 3.05) is 24.6 Å². The van der Waals surface area contributed by atoms with Gasteiger partial charge in [-0.2, -0.15) is 4.98 Å². The van der Waals surface area contributed by atoms with Crippen LogP contribution in [0.15, 0.2) is 29.6 Å². The van der Waals surface area contributed by atoms with Crippen molar-refractivity contribution < 1.29 is 0 Å². The second kappa shape index (κ2) is 5.47. The smallest absolute Gasteiger partial charge is 0.222 e. The molecule has 23 heavy (non-hydrogen) atoms. The Morgan fingerprint density at radius 1 is 1.35 bits per heavy atom. The summed E-state index contributed by atoms with van der Waals surface area (Å²) >= 11 is 1.66. The normalized spacial score (nSPS) is 17.6. The second-order valence-electron chi connectivity index (χ2n) is 6.04. The first-order chi connectivity index (χ1) is 11.1. The van der Waals surface area contributed by atoms with Crippen LogP contribution in [0, 0.1) is 6.92 Å². The van der Waals surface area contributed by atoms with E-state index in [0.717, 1.165) is 34.7 Å². The summed E-state index contributed by atoms with van der Waals surface area (Å²) in [5.41, 5.74) is 10.8. The fraction of sp³-hybridized carbons (Fsp3) is 0.294. The Hall–Kier alpha value is -2.18. The van der Waals surface area contributed by atoms with Crippen molar-refractivity contribution in [1.29, 1.82) is 0 Å². The SMILES string of the molecule is Cc1csc2c(NCC3c4ccccc4CN3C)nc(N)nc12. The average Bonchev–Trinajstić information content (AvgIpc) is 3.05. The Labute approximate surface area is 139 Å². The van der Waals surface area contributed by atoms with E-state index < -0.39 is 0 Å². The highest BCUT2D eigenvalue weighted by atomic mass is 32.1. The largest absolute Gasteiger partial charge is 0.368 e. The van der Waals surface area contributed by atoms with Gasteiger partial charge in [0.25, 0.3) is 0 Å². The number of nitrogens with two attached hydrogens (primary N) is 1. The molecular formula is C17H19N5S. The fourth-order valence-electron chi connectivity index (χ4n) is 3.25. The monoisotopic (exact) mass is 325 g/mol. The van der Waals surface area contributed by atoms with Crippen molar-refractivity contribution >= 4 is 33.3 Å². The molecule has 1 unspecified atom stereocenters. The lowest BCUT2D eigenvalue weighted by molar-refractivity contribution is 0.279. The van der Waals surface area contributed by atoms with Crippen molar-refractivity contribution in [2.24, 2.45) is 0 Å². The summed E-state index contributed by atoms with van der Waals surface area (Å²) in [4.78, 5) is 11.1. The lowest BCUT2D eigenvalue weighted by Crippen LogP contribution is -2.24. The lowest BCUT2D eigenvalue weighted by atomic mass is 10.1.